The maximum Gasteiger partial charge on any atom is 0.279 e. The highest BCUT2D eigenvalue weighted by atomic mass is 32.1. The lowest BCUT2D eigenvalue weighted by molar-refractivity contribution is 0.0849. The molecule has 2 aromatic carbocycles. The summed E-state index contributed by atoms with van der Waals surface area (Å²) < 4.78 is 14.9. The maximum atomic E-state index is 13.0. The number of amides is 2. The molecule has 144 valence electrons. The fourth-order valence-corrected chi connectivity index (χ4v) is 3.58. The minimum Gasteiger partial charge on any atom is -0.306 e. The zero-order valence-electron chi connectivity index (χ0n) is 15.0. The molecule has 8 heteroatoms. The minimum absolute atomic E-state index is 0.316. The summed E-state index contributed by atoms with van der Waals surface area (Å²) >= 11 is 1.25. The first-order chi connectivity index (χ1) is 14.1. The van der Waals surface area contributed by atoms with Gasteiger partial charge in [-0.3, -0.25) is 20.4 Å². The molecule has 0 unspecified atom stereocenters. The van der Waals surface area contributed by atoms with E-state index >= 15 is 0 Å². The Morgan fingerprint density at radius 2 is 1.62 bits per heavy atom. The third-order valence-corrected chi connectivity index (χ3v) is 5.31. The number of carbonyl (C=O) groups is 2. The Morgan fingerprint density at radius 1 is 0.897 bits per heavy atom. The van der Waals surface area contributed by atoms with Crippen LogP contribution in [0.15, 0.2) is 79.4 Å². The van der Waals surface area contributed by atoms with Crippen molar-refractivity contribution in [3.8, 4) is 16.1 Å². The molecule has 0 aliphatic rings. The maximum absolute atomic E-state index is 13.0. The van der Waals surface area contributed by atoms with Gasteiger partial charge in [-0.05, 0) is 54.1 Å². The summed E-state index contributed by atoms with van der Waals surface area (Å²) in [6, 6.07) is 16.4. The Morgan fingerprint density at radius 3 is 2.31 bits per heavy atom. The van der Waals surface area contributed by atoms with Gasteiger partial charge < -0.3 is 4.57 Å². The highest BCUT2D eigenvalue weighted by Gasteiger charge is 2.12. The fourth-order valence-electron chi connectivity index (χ4n) is 2.67. The molecule has 0 bridgehead atoms. The first kappa shape index (κ1) is 18.6. The molecule has 0 spiro atoms. The van der Waals surface area contributed by atoms with Crippen LogP contribution in [0.5, 0.6) is 0 Å². The van der Waals surface area contributed by atoms with E-state index in [-0.39, 0.29) is 5.82 Å². The van der Waals surface area contributed by atoms with Gasteiger partial charge in [-0.25, -0.2) is 9.37 Å². The Kier molecular flexibility index (Phi) is 5.17. The Bertz CT molecular complexity index is 1140. The summed E-state index contributed by atoms with van der Waals surface area (Å²) in [7, 11) is 0. The average molecular weight is 406 g/mol. The van der Waals surface area contributed by atoms with E-state index in [0.29, 0.717) is 10.4 Å². The second-order valence-corrected chi connectivity index (χ2v) is 7.18. The minimum atomic E-state index is -0.425. The highest BCUT2D eigenvalue weighted by molar-refractivity contribution is 7.17. The van der Waals surface area contributed by atoms with Gasteiger partial charge in [0.1, 0.15) is 5.82 Å². The molecule has 0 fully saturated rings. The summed E-state index contributed by atoms with van der Waals surface area (Å²) in [4.78, 5) is 29.8. The third kappa shape index (κ3) is 4.22. The van der Waals surface area contributed by atoms with E-state index in [2.05, 4.69) is 15.8 Å². The van der Waals surface area contributed by atoms with Crippen molar-refractivity contribution in [1.82, 2.24) is 20.4 Å². The largest absolute Gasteiger partial charge is 0.306 e. The Labute approximate surface area is 169 Å². The monoisotopic (exact) mass is 406 g/mol. The summed E-state index contributed by atoms with van der Waals surface area (Å²) in [5, 5.41) is 0. The number of aromatic nitrogens is 2. The number of nitrogens with zero attached hydrogens (tertiary/aromatic N) is 2. The summed E-state index contributed by atoms with van der Waals surface area (Å²) in [5.41, 5.74) is 6.91. The van der Waals surface area contributed by atoms with Crippen LogP contribution in [0.25, 0.3) is 16.1 Å². The SMILES string of the molecule is O=C(NNC(=O)c1ccc(-c2ccc(F)cc2)s1)c1ccc(-n2ccnc2)cc1. The number of imidazole rings is 1. The summed E-state index contributed by atoms with van der Waals surface area (Å²) in [6.45, 7) is 0. The lowest BCUT2D eigenvalue weighted by Gasteiger charge is -2.07. The number of thiophene rings is 1. The normalized spacial score (nSPS) is 10.5. The van der Waals surface area contributed by atoms with Gasteiger partial charge in [0.15, 0.2) is 0 Å². The standard InChI is InChI=1S/C21H15FN4O2S/c22-16-5-1-14(2-6-16)18-9-10-19(29-18)21(28)25-24-20(27)15-3-7-17(8-4-15)26-12-11-23-13-26/h1-13H,(H,24,27)(H,25,28). The van der Waals surface area contributed by atoms with Gasteiger partial charge in [0.05, 0.1) is 11.2 Å². The van der Waals surface area contributed by atoms with Crippen molar-refractivity contribution >= 4 is 23.2 Å². The molecular formula is C21H15FN4O2S. The van der Waals surface area contributed by atoms with E-state index in [1.54, 1.807) is 67.3 Å². The first-order valence-corrected chi connectivity index (χ1v) is 9.47. The first-order valence-electron chi connectivity index (χ1n) is 8.65. The smallest absolute Gasteiger partial charge is 0.279 e. The number of halogens is 1. The molecule has 4 aromatic rings. The number of hydrogen-bond acceptors (Lipinski definition) is 4. The van der Waals surface area contributed by atoms with E-state index in [1.807, 2.05) is 4.57 Å². The number of hydrogen-bond donors (Lipinski definition) is 2. The molecule has 6 nitrogen and oxygen atoms in total. The number of rotatable bonds is 4. The van der Waals surface area contributed by atoms with Crippen molar-refractivity contribution in [1.29, 1.82) is 0 Å². The van der Waals surface area contributed by atoms with Crippen LogP contribution in [0, 0.1) is 5.82 Å². The third-order valence-electron chi connectivity index (χ3n) is 4.18. The molecule has 2 amide bonds. The molecule has 2 heterocycles. The predicted molar refractivity (Wildman–Crippen MR) is 108 cm³/mol. The zero-order valence-corrected chi connectivity index (χ0v) is 15.8. The number of benzene rings is 2. The van der Waals surface area contributed by atoms with Crippen molar-refractivity contribution in [3.63, 3.8) is 0 Å². The number of carbonyl (C=O) groups excluding carboxylic acids is 2. The quantitative estimate of drug-likeness (QED) is 0.506. The summed E-state index contributed by atoms with van der Waals surface area (Å²) in [6.07, 6.45) is 5.13. The topological polar surface area (TPSA) is 76.0 Å². The Hall–Kier alpha value is -3.78. The van der Waals surface area contributed by atoms with E-state index in [4.69, 9.17) is 0 Å². The molecule has 0 aliphatic carbocycles. The molecule has 4 rings (SSSR count). The van der Waals surface area contributed by atoms with E-state index in [9.17, 15) is 14.0 Å². The van der Waals surface area contributed by atoms with Crippen molar-refractivity contribution in [3.05, 3.63) is 95.6 Å². The molecule has 0 saturated carbocycles. The van der Waals surface area contributed by atoms with Crippen LogP contribution < -0.4 is 10.9 Å². The van der Waals surface area contributed by atoms with Gasteiger partial charge in [-0.1, -0.05) is 12.1 Å². The van der Waals surface area contributed by atoms with Gasteiger partial charge in [-0.2, -0.15) is 0 Å². The number of hydrazine groups is 1. The highest BCUT2D eigenvalue weighted by Crippen LogP contribution is 2.28. The van der Waals surface area contributed by atoms with Gasteiger partial charge in [-0.15, -0.1) is 11.3 Å². The van der Waals surface area contributed by atoms with Crippen LogP contribution in [0.2, 0.25) is 0 Å². The molecule has 2 N–H and O–H groups in total. The van der Waals surface area contributed by atoms with Gasteiger partial charge in [0.25, 0.3) is 11.8 Å². The van der Waals surface area contributed by atoms with Crippen LogP contribution in [0.3, 0.4) is 0 Å². The molecular weight excluding hydrogens is 391 g/mol. The fraction of sp³-hybridized carbons (Fsp3) is 0. The van der Waals surface area contributed by atoms with Crippen molar-refractivity contribution < 1.29 is 14.0 Å². The van der Waals surface area contributed by atoms with E-state index < -0.39 is 11.8 Å². The number of nitrogens with one attached hydrogen (secondary N) is 2. The van der Waals surface area contributed by atoms with Gasteiger partial charge in [0.2, 0.25) is 0 Å². The summed E-state index contributed by atoms with van der Waals surface area (Å²) in [5.74, 6) is -1.17. The molecule has 0 aliphatic heterocycles. The van der Waals surface area contributed by atoms with Crippen LogP contribution in [-0.4, -0.2) is 21.4 Å². The van der Waals surface area contributed by atoms with E-state index in [1.165, 1.54) is 23.5 Å². The lowest BCUT2D eigenvalue weighted by atomic mass is 10.2. The molecule has 2 aromatic heterocycles. The second kappa shape index (κ2) is 8.07. The molecule has 0 saturated heterocycles. The van der Waals surface area contributed by atoms with Gasteiger partial charge >= 0.3 is 0 Å². The Balaban J connectivity index is 1.37. The van der Waals surface area contributed by atoms with Crippen LogP contribution in [-0.2, 0) is 0 Å². The van der Waals surface area contributed by atoms with Crippen LogP contribution in [0.4, 0.5) is 4.39 Å². The van der Waals surface area contributed by atoms with Gasteiger partial charge in [0, 0.05) is 28.5 Å². The molecule has 0 radical (unpaired) electrons. The van der Waals surface area contributed by atoms with Crippen LogP contribution in [0.1, 0.15) is 20.0 Å². The molecule has 0 atom stereocenters. The average Bonchev–Trinajstić information content (AvgIpc) is 3.45. The predicted octanol–water partition coefficient (Wildman–Crippen LogP) is 3.81. The van der Waals surface area contributed by atoms with Crippen molar-refractivity contribution in [2.75, 3.05) is 0 Å². The molecule has 29 heavy (non-hydrogen) atoms. The van der Waals surface area contributed by atoms with E-state index in [0.717, 1.165) is 16.1 Å². The van der Waals surface area contributed by atoms with Crippen LogP contribution >= 0.6 is 11.3 Å². The second-order valence-electron chi connectivity index (χ2n) is 6.10. The van der Waals surface area contributed by atoms with Crippen molar-refractivity contribution in [2.24, 2.45) is 0 Å². The lowest BCUT2D eigenvalue weighted by Crippen LogP contribution is -2.41. The zero-order chi connectivity index (χ0) is 20.2. The van der Waals surface area contributed by atoms with Crippen molar-refractivity contribution in [2.45, 2.75) is 0 Å².